The first-order chi connectivity index (χ1) is 14.7. The fourth-order valence-corrected chi connectivity index (χ4v) is 5.00. The summed E-state index contributed by atoms with van der Waals surface area (Å²) in [6, 6.07) is 16.0. The summed E-state index contributed by atoms with van der Waals surface area (Å²) in [5.41, 5.74) is 4.12. The molecule has 5 nitrogen and oxygen atoms in total. The molecule has 3 heterocycles. The minimum Gasteiger partial charge on any atom is -0.361 e. The number of fused-ring (bicyclic) bond motifs is 2. The zero-order chi connectivity index (χ0) is 20.5. The van der Waals surface area contributed by atoms with E-state index in [2.05, 4.69) is 40.3 Å². The smallest absolute Gasteiger partial charge is 0.234 e. The zero-order valence-electron chi connectivity index (χ0n) is 17.1. The Morgan fingerprint density at radius 2 is 1.70 bits per heavy atom. The van der Waals surface area contributed by atoms with Crippen molar-refractivity contribution in [3.05, 3.63) is 65.9 Å². The van der Waals surface area contributed by atoms with E-state index in [4.69, 9.17) is 0 Å². The van der Waals surface area contributed by atoms with Gasteiger partial charge >= 0.3 is 0 Å². The number of anilines is 1. The molecule has 3 aromatic rings. The van der Waals surface area contributed by atoms with Gasteiger partial charge in [-0.2, -0.15) is 0 Å². The summed E-state index contributed by atoms with van der Waals surface area (Å²) in [6.07, 6.45) is 5.44. The Bertz CT molecular complexity index is 1080. The highest BCUT2D eigenvalue weighted by Crippen LogP contribution is 2.33. The Balaban J connectivity index is 1.16. The van der Waals surface area contributed by atoms with Crippen LogP contribution in [0.4, 0.5) is 5.69 Å². The largest absolute Gasteiger partial charge is 0.361 e. The third-order valence-electron chi connectivity index (χ3n) is 6.61. The van der Waals surface area contributed by atoms with Gasteiger partial charge in [-0.1, -0.05) is 30.3 Å². The van der Waals surface area contributed by atoms with Crippen LogP contribution in [0.15, 0.2) is 54.7 Å². The molecule has 0 atom stereocenters. The minimum atomic E-state index is -0.0725. The highest BCUT2D eigenvalue weighted by Gasteiger charge is 2.29. The van der Waals surface area contributed by atoms with Crippen molar-refractivity contribution in [2.45, 2.75) is 31.6 Å². The number of hydrogen-bond donors (Lipinski definition) is 1. The topological polar surface area (TPSA) is 56.4 Å². The van der Waals surface area contributed by atoms with Gasteiger partial charge in [0, 0.05) is 29.2 Å². The number of Topliss-reactive ketones (excluding diaryl/α,β-unsaturated/α-hetero) is 1. The van der Waals surface area contributed by atoms with Crippen molar-refractivity contribution in [2.24, 2.45) is 0 Å². The van der Waals surface area contributed by atoms with E-state index in [1.165, 1.54) is 29.3 Å². The van der Waals surface area contributed by atoms with E-state index in [0.29, 0.717) is 18.0 Å². The molecule has 0 aliphatic carbocycles. The van der Waals surface area contributed by atoms with Gasteiger partial charge in [0.25, 0.3) is 0 Å². The number of ketones is 1. The molecular weight excluding hydrogens is 374 g/mol. The van der Waals surface area contributed by atoms with E-state index in [0.717, 1.165) is 31.7 Å². The highest BCUT2D eigenvalue weighted by atomic mass is 16.2. The van der Waals surface area contributed by atoms with E-state index in [9.17, 15) is 9.59 Å². The van der Waals surface area contributed by atoms with Crippen LogP contribution < -0.4 is 4.90 Å². The SMILES string of the molecule is O=C1CC(=O)N(CCCN2CCC(c3c[nH]c4ccccc34)CC2)c2ccccc21. The Morgan fingerprint density at radius 1 is 0.933 bits per heavy atom. The van der Waals surface area contributed by atoms with Crippen LogP contribution in [0.3, 0.4) is 0 Å². The Kier molecular flexibility index (Phi) is 5.13. The fraction of sp³-hybridized carbons (Fsp3) is 0.360. The van der Waals surface area contributed by atoms with Crippen LogP contribution >= 0.6 is 0 Å². The van der Waals surface area contributed by atoms with Crippen molar-refractivity contribution in [3.8, 4) is 0 Å². The van der Waals surface area contributed by atoms with Gasteiger partial charge in [-0.15, -0.1) is 0 Å². The van der Waals surface area contributed by atoms with Gasteiger partial charge < -0.3 is 14.8 Å². The average molecular weight is 402 g/mol. The second-order valence-corrected chi connectivity index (χ2v) is 8.42. The maximum Gasteiger partial charge on any atom is 0.234 e. The maximum atomic E-state index is 12.4. The van der Waals surface area contributed by atoms with E-state index in [1.807, 2.05) is 24.3 Å². The second kappa shape index (κ2) is 8.07. The van der Waals surface area contributed by atoms with Gasteiger partial charge in [0.05, 0.1) is 12.1 Å². The Hall–Kier alpha value is -2.92. The third-order valence-corrected chi connectivity index (χ3v) is 6.61. The number of hydrogen-bond acceptors (Lipinski definition) is 3. The lowest BCUT2D eigenvalue weighted by Gasteiger charge is -2.33. The summed E-state index contributed by atoms with van der Waals surface area (Å²) in [5.74, 6) is 0.474. The summed E-state index contributed by atoms with van der Waals surface area (Å²) < 4.78 is 0. The third kappa shape index (κ3) is 3.54. The van der Waals surface area contributed by atoms with Crippen molar-refractivity contribution in [1.82, 2.24) is 9.88 Å². The quantitative estimate of drug-likeness (QED) is 0.647. The lowest BCUT2D eigenvalue weighted by Crippen LogP contribution is -2.40. The number of likely N-dealkylation sites (tertiary alicyclic amines) is 1. The minimum absolute atomic E-state index is 0.00692. The zero-order valence-corrected chi connectivity index (χ0v) is 17.1. The van der Waals surface area contributed by atoms with Crippen LogP contribution in [0, 0.1) is 0 Å². The van der Waals surface area contributed by atoms with Crippen molar-refractivity contribution in [1.29, 1.82) is 0 Å². The Labute approximate surface area is 176 Å². The number of piperidine rings is 1. The predicted octanol–water partition coefficient (Wildman–Crippen LogP) is 4.36. The Morgan fingerprint density at radius 3 is 2.57 bits per heavy atom. The van der Waals surface area contributed by atoms with Crippen LogP contribution in [0.1, 0.15) is 47.5 Å². The number of aromatic nitrogens is 1. The molecule has 1 N–H and O–H groups in total. The molecule has 5 rings (SSSR count). The average Bonchev–Trinajstić information content (AvgIpc) is 3.21. The summed E-state index contributed by atoms with van der Waals surface area (Å²) in [5, 5.41) is 1.35. The molecule has 0 unspecified atom stereocenters. The number of para-hydroxylation sites is 2. The first kappa shape index (κ1) is 19.1. The monoisotopic (exact) mass is 401 g/mol. The molecule has 2 aliphatic rings. The van der Waals surface area contributed by atoms with Crippen LogP contribution in [0.2, 0.25) is 0 Å². The molecule has 0 radical (unpaired) electrons. The lowest BCUT2D eigenvalue weighted by molar-refractivity contribution is -0.118. The number of nitrogens with zero attached hydrogens (tertiary/aromatic N) is 2. The van der Waals surface area contributed by atoms with Gasteiger partial charge in [0.15, 0.2) is 5.78 Å². The summed E-state index contributed by atoms with van der Waals surface area (Å²) >= 11 is 0. The molecule has 2 aromatic carbocycles. The molecular formula is C25H27N3O2. The van der Waals surface area contributed by atoms with E-state index in [1.54, 1.807) is 4.90 Å². The molecule has 0 bridgehead atoms. The molecule has 1 fully saturated rings. The number of H-pyrrole nitrogens is 1. The van der Waals surface area contributed by atoms with Crippen molar-refractivity contribution in [3.63, 3.8) is 0 Å². The van der Waals surface area contributed by atoms with E-state index < -0.39 is 0 Å². The van der Waals surface area contributed by atoms with Gasteiger partial charge in [0.1, 0.15) is 0 Å². The number of amides is 1. The number of aromatic amines is 1. The van der Waals surface area contributed by atoms with Crippen LogP contribution in [-0.4, -0.2) is 47.8 Å². The molecule has 30 heavy (non-hydrogen) atoms. The lowest BCUT2D eigenvalue weighted by atomic mass is 9.89. The first-order valence-corrected chi connectivity index (χ1v) is 10.9. The fourth-order valence-electron chi connectivity index (χ4n) is 5.00. The molecule has 0 spiro atoms. The highest BCUT2D eigenvalue weighted by molar-refractivity contribution is 6.19. The second-order valence-electron chi connectivity index (χ2n) is 8.42. The standard InChI is InChI=1S/C25H27N3O2/c29-24-16-25(30)28(23-9-4-2-7-20(23)24)13-5-12-27-14-10-18(11-15-27)21-17-26-22-8-3-1-6-19(21)22/h1-4,6-9,17-18,26H,5,10-16H2. The van der Waals surface area contributed by atoms with Crippen molar-refractivity contribution >= 4 is 28.3 Å². The van der Waals surface area contributed by atoms with Crippen LogP contribution in [0.5, 0.6) is 0 Å². The van der Waals surface area contributed by atoms with Gasteiger partial charge in [-0.05, 0) is 68.6 Å². The number of rotatable bonds is 5. The number of carbonyl (C=O) groups is 2. The van der Waals surface area contributed by atoms with E-state index >= 15 is 0 Å². The van der Waals surface area contributed by atoms with E-state index in [-0.39, 0.29) is 18.1 Å². The van der Waals surface area contributed by atoms with Crippen molar-refractivity contribution < 1.29 is 9.59 Å². The van der Waals surface area contributed by atoms with Gasteiger partial charge in [-0.25, -0.2) is 0 Å². The normalized spacial score (nSPS) is 18.2. The number of benzene rings is 2. The molecule has 5 heteroatoms. The van der Waals surface area contributed by atoms with Crippen LogP contribution in [-0.2, 0) is 4.79 Å². The molecule has 1 aromatic heterocycles. The number of nitrogens with one attached hydrogen (secondary N) is 1. The summed E-state index contributed by atoms with van der Waals surface area (Å²) in [6.45, 7) is 3.84. The van der Waals surface area contributed by atoms with Gasteiger partial charge in [-0.3, -0.25) is 9.59 Å². The molecule has 154 valence electrons. The number of carbonyl (C=O) groups excluding carboxylic acids is 2. The molecule has 0 saturated carbocycles. The summed E-state index contributed by atoms with van der Waals surface area (Å²) in [7, 11) is 0. The maximum absolute atomic E-state index is 12.4. The molecule has 1 amide bonds. The van der Waals surface area contributed by atoms with Crippen molar-refractivity contribution in [2.75, 3.05) is 31.1 Å². The molecule has 2 aliphatic heterocycles. The predicted molar refractivity (Wildman–Crippen MR) is 119 cm³/mol. The van der Waals surface area contributed by atoms with Gasteiger partial charge in [0.2, 0.25) is 5.91 Å². The summed E-state index contributed by atoms with van der Waals surface area (Å²) in [4.78, 5) is 32.3. The first-order valence-electron chi connectivity index (χ1n) is 10.9. The van der Waals surface area contributed by atoms with Crippen LogP contribution in [0.25, 0.3) is 10.9 Å². The molecule has 1 saturated heterocycles.